The molecule has 0 saturated heterocycles. The Hall–Kier alpha value is -3.38. The molecule has 2 aliphatic rings. The molecule has 0 heteroatoms. The van der Waals surface area contributed by atoms with Crippen molar-refractivity contribution in [2.75, 3.05) is 0 Å². The van der Waals surface area contributed by atoms with Crippen molar-refractivity contribution in [1.29, 1.82) is 0 Å². The topological polar surface area (TPSA) is 0 Å². The molecule has 0 fully saturated rings. The molecular formula is C30H22. The first-order valence-electron chi connectivity index (χ1n) is 10.9. The maximum absolute atomic E-state index is 2.45. The molecule has 0 bridgehead atoms. The molecule has 0 spiro atoms. The third-order valence-electron chi connectivity index (χ3n) is 7.34. The normalized spacial score (nSPS) is 15.7. The van der Waals surface area contributed by atoms with Crippen molar-refractivity contribution in [3.8, 4) is 11.1 Å². The molecule has 0 radical (unpaired) electrons. The van der Waals surface area contributed by atoms with Crippen molar-refractivity contribution in [1.82, 2.24) is 0 Å². The summed E-state index contributed by atoms with van der Waals surface area (Å²) >= 11 is 0. The fourth-order valence-corrected chi connectivity index (χ4v) is 6.21. The van der Waals surface area contributed by atoms with Gasteiger partial charge in [0.1, 0.15) is 0 Å². The van der Waals surface area contributed by atoms with Gasteiger partial charge < -0.3 is 0 Å². The van der Waals surface area contributed by atoms with Crippen molar-refractivity contribution in [2.24, 2.45) is 0 Å². The van der Waals surface area contributed by atoms with Gasteiger partial charge >= 0.3 is 0 Å². The van der Waals surface area contributed by atoms with Crippen LogP contribution in [0.4, 0.5) is 0 Å². The zero-order valence-electron chi connectivity index (χ0n) is 17.3. The van der Waals surface area contributed by atoms with Gasteiger partial charge in [-0.05, 0) is 84.3 Å². The quantitative estimate of drug-likeness (QED) is 0.238. The van der Waals surface area contributed by atoms with E-state index in [1.807, 2.05) is 0 Å². The molecule has 0 amide bonds. The number of fused-ring (bicyclic) bond motifs is 5. The SMILES string of the molecule is CC1(C)c2c(cc3cccc4c3c2C=CC4)-c2cccc3cc4ccccc4c1c23. The lowest BCUT2D eigenvalue weighted by atomic mass is 9.64. The second kappa shape index (κ2) is 5.40. The molecule has 5 aromatic rings. The summed E-state index contributed by atoms with van der Waals surface area (Å²) in [5.74, 6) is 0. The highest BCUT2D eigenvalue weighted by molar-refractivity contribution is 6.14. The van der Waals surface area contributed by atoms with Crippen LogP contribution in [0.3, 0.4) is 0 Å². The van der Waals surface area contributed by atoms with Gasteiger partial charge in [-0.3, -0.25) is 0 Å². The minimum atomic E-state index is -0.0822. The van der Waals surface area contributed by atoms with E-state index >= 15 is 0 Å². The van der Waals surface area contributed by atoms with Gasteiger partial charge in [-0.15, -0.1) is 0 Å². The molecule has 5 aromatic carbocycles. The van der Waals surface area contributed by atoms with Crippen LogP contribution in [0.25, 0.3) is 49.5 Å². The van der Waals surface area contributed by atoms with Gasteiger partial charge in [0.2, 0.25) is 0 Å². The summed E-state index contributed by atoms with van der Waals surface area (Å²) in [7, 11) is 0. The predicted molar refractivity (Wildman–Crippen MR) is 129 cm³/mol. The number of hydrogen-bond donors (Lipinski definition) is 0. The van der Waals surface area contributed by atoms with Gasteiger partial charge in [0.15, 0.2) is 0 Å². The van der Waals surface area contributed by atoms with Crippen LogP contribution in [-0.2, 0) is 11.8 Å². The van der Waals surface area contributed by atoms with Crippen molar-refractivity contribution in [3.05, 3.63) is 101 Å². The van der Waals surface area contributed by atoms with Crippen LogP contribution in [0.2, 0.25) is 0 Å². The lowest BCUT2D eigenvalue weighted by molar-refractivity contribution is 0.650. The van der Waals surface area contributed by atoms with E-state index in [1.54, 1.807) is 0 Å². The van der Waals surface area contributed by atoms with Crippen LogP contribution in [0, 0.1) is 0 Å². The highest BCUT2D eigenvalue weighted by Crippen LogP contribution is 2.54. The van der Waals surface area contributed by atoms with Crippen molar-refractivity contribution in [2.45, 2.75) is 25.7 Å². The van der Waals surface area contributed by atoms with Gasteiger partial charge in [-0.2, -0.15) is 0 Å². The Morgan fingerprint density at radius 2 is 1.43 bits per heavy atom. The van der Waals surface area contributed by atoms with Gasteiger partial charge in [0.05, 0.1) is 0 Å². The van der Waals surface area contributed by atoms with E-state index in [0.717, 1.165) is 6.42 Å². The standard InChI is InChI=1S/C30H22/c1-30(2)28-24-15-6-10-18-9-5-11-21(26(18)24)17-25(28)23-14-7-12-20-16-19-8-3-4-13-22(19)29(30)27(20)23/h3-9,11-17H,10H2,1-2H3. The molecule has 0 aromatic heterocycles. The summed E-state index contributed by atoms with van der Waals surface area (Å²) in [6.07, 6.45) is 5.75. The van der Waals surface area contributed by atoms with Crippen LogP contribution in [-0.4, -0.2) is 0 Å². The van der Waals surface area contributed by atoms with E-state index in [0.29, 0.717) is 0 Å². The second-order valence-corrected chi connectivity index (χ2v) is 9.34. The zero-order valence-corrected chi connectivity index (χ0v) is 17.3. The van der Waals surface area contributed by atoms with Crippen LogP contribution < -0.4 is 0 Å². The fraction of sp³-hybridized carbons (Fsp3) is 0.133. The van der Waals surface area contributed by atoms with Crippen molar-refractivity contribution in [3.63, 3.8) is 0 Å². The van der Waals surface area contributed by atoms with Crippen LogP contribution in [0.15, 0.2) is 78.9 Å². The average Bonchev–Trinajstić information content (AvgIpc) is 2.76. The highest BCUT2D eigenvalue weighted by atomic mass is 14.4. The first-order chi connectivity index (χ1) is 14.6. The molecule has 0 unspecified atom stereocenters. The van der Waals surface area contributed by atoms with Crippen molar-refractivity contribution >= 4 is 38.4 Å². The van der Waals surface area contributed by atoms with Crippen LogP contribution in [0.5, 0.6) is 0 Å². The van der Waals surface area contributed by atoms with E-state index in [9.17, 15) is 0 Å². The highest BCUT2D eigenvalue weighted by Gasteiger charge is 2.37. The Balaban J connectivity index is 1.78. The summed E-state index contributed by atoms with van der Waals surface area (Å²) < 4.78 is 0. The van der Waals surface area contributed by atoms with Gasteiger partial charge in [0, 0.05) is 5.41 Å². The van der Waals surface area contributed by atoms with Gasteiger partial charge in [-0.25, -0.2) is 0 Å². The van der Waals surface area contributed by atoms with Gasteiger partial charge in [-0.1, -0.05) is 86.7 Å². The summed E-state index contributed by atoms with van der Waals surface area (Å²) in [4.78, 5) is 0. The van der Waals surface area contributed by atoms with Gasteiger partial charge in [0.25, 0.3) is 0 Å². The fourth-order valence-electron chi connectivity index (χ4n) is 6.21. The molecule has 0 aliphatic heterocycles. The Morgan fingerprint density at radius 3 is 2.33 bits per heavy atom. The van der Waals surface area contributed by atoms with Crippen LogP contribution in [0.1, 0.15) is 36.1 Å². The molecule has 142 valence electrons. The molecule has 0 nitrogen and oxygen atoms in total. The Labute approximate surface area is 176 Å². The molecule has 2 aliphatic carbocycles. The maximum Gasteiger partial charge on any atom is 0.0171 e. The molecule has 0 atom stereocenters. The van der Waals surface area contributed by atoms with E-state index in [2.05, 4.69) is 98.8 Å². The molecule has 0 saturated carbocycles. The van der Waals surface area contributed by atoms with E-state index in [1.165, 1.54) is 65.7 Å². The smallest absolute Gasteiger partial charge is 0.0171 e. The third-order valence-corrected chi connectivity index (χ3v) is 7.34. The predicted octanol–water partition coefficient (Wildman–Crippen LogP) is 8.02. The summed E-state index contributed by atoms with van der Waals surface area (Å²) in [6, 6.07) is 27.3. The lowest BCUT2D eigenvalue weighted by Gasteiger charge is -2.38. The maximum atomic E-state index is 2.45. The minimum Gasteiger partial charge on any atom is -0.0795 e. The summed E-state index contributed by atoms with van der Waals surface area (Å²) in [5, 5.41) is 8.30. The number of allylic oxidation sites excluding steroid dienone is 1. The summed E-state index contributed by atoms with van der Waals surface area (Å²) in [6.45, 7) is 4.85. The molecule has 0 N–H and O–H groups in total. The zero-order chi connectivity index (χ0) is 20.0. The molecule has 30 heavy (non-hydrogen) atoms. The Bertz CT molecular complexity index is 1580. The first kappa shape index (κ1) is 16.4. The lowest BCUT2D eigenvalue weighted by Crippen LogP contribution is -2.26. The average molecular weight is 383 g/mol. The molecule has 0 heterocycles. The number of hydrogen-bond acceptors (Lipinski definition) is 0. The Morgan fingerprint density at radius 1 is 0.667 bits per heavy atom. The Kier molecular flexibility index (Phi) is 2.96. The first-order valence-corrected chi connectivity index (χ1v) is 10.9. The number of benzene rings is 5. The third kappa shape index (κ3) is 1.87. The molecule has 7 rings (SSSR count). The minimum absolute atomic E-state index is 0.0822. The monoisotopic (exact) mass is 382 g/mol. The second-order valence-electron chi connectivity index (χ2n) is 9.34. The molecular weight excluding hydrogens is 360 g/mol. The largest absolute Gasteiger partial charge is 0.0795 e. The van der Waals surface area contributed by atoms with Crippen LogP contribution >= 0.6 is 0 Å². The van der Waals surface area contributed by atoms with E-state index in [4.69, 9.17) is 0 Å². The van der Waals surface area contributed by atoms with E-state index in [-0.39, 0.29) is 5.41 Å². The van der Waals surface area contributed by atoms with E-state index < -0.39 is 0 Å². The number of rotatable bonds is 0. The summed E-state index contributed by atoms with van der Waals surface area (Å²) in [5.41, 5.74) is 8.53. The van der Waals surface area contributed by atoms with Crippen molar-refractivity contribution < 1.29 is 0 Å².